The molecule has 4 heteroatoms. The van der Waals surface area contributed by atoms with E-state index in [1.807, 2.05) is 0 Å². The first-order valence-corrected chi connectivity index (χ1v) is 5.60. The van der Waals surface area contributed by atoms with Crippen molar-refractivity contribution in [2.45, 2.75) is 33.1 Å². The number of hydrogen-bond acceptors (Lipinski definition) is 2. The lowest BCUT2D eigenvalue weighted by Gasteiger charge is -2.40. The molecule has 1 aliphatic carbocycles. The molecule has 0 aliphatic heterocycles. The molecule has 0 bridgehead atoms. The Morgan fingerprint density at radius 2 is 2.00 bits per heavy atom. The third kappa shape index (κ3) is 3.68. The van der Waals surface area contributed by atoms with Crippen molar-refractivity contribution in [1.82, 2.24) is 5.32 Å². The van der Waals surface area contributed by atoms with Crippen LogP contribution in [0.1, 0.15) is 33.1 Å². The molecule has 0 heterocycles. The molecule has 90 valence electrons. The summed E-state index contributed by atoms with van der Waals surface area (Å²) in [6.45, 7) is 4.87. The molecule has 0 aromatic rings. The zero-order chi connectivity index (χ0) is 12.2. The number of aliphatic carboxylic acids is 1. The van der Waals surface area contributed by atoms with Crippen molar-refractivity contribution in [2.75, 3.05) is 6.54 Å². The van der Waals surface area contributed by atoms with Crippen LogP contribution in [-0.2, 0) is 9.59 Å². The number of rotatable bonds is 5. The summed E-state index contributed by atoms with van der Waals surface area (Å²) in [6, 6.07) is 0. The summed E-state index contributed by atoms with van der Waals surface area (Å²) in [6.07, 6.45) is 5.65. The highest BCUT2D eigenvalue weighted by Crippen LogP contribution is 2.41. The minimum absolute atomic E-state index is 0.102. The summed E-state index contributed by atoms with van der Waals surface area (Å²) < 4.78 is 0. The van der Waals surface area contributed by atoms with Gasteiger partial charge >= 0.3 is 5.97 Å². The van der Waals surface area contributed by atoms with E-state index in [4.69, 9.17) is 5.11 Å². The third-order valence-corrected chi connectivity index (χ3v) is 3.31. The van der Waals surface area contributed by atoms with Crippen LogP contribution in [0.3, 0.4) is 0 Å². The van der Waals surface area contributed by atoms with E-state index in [0.29, 0.717) is 12.5 Å². The number of carbonyl (C=O) groups is 2. The fourth-order valence-corrected chi connectivity index (χ4v) is 1.85. The summed E-state index contributed by atoms with van der Waals surface area (Å²) in [5.41, 5.74) is 0.102. The maximum absolute atomic E-state index is 11.3. The van der Waals surface area contributed by atoms with Crippen molar-refractivity contribution >= 4 is 11.9 Å². The first-order valence-electron chi connectivity index (χ1n) is 5.60. The van der Waals surface area contributed by atoms with Crippen LogP contribution in [0.4, 0.5) is 0 Å². The second-order valence-electron chi connectivity index (χ2n) is 5.01. The zero-order valence-corrected chi connectivity index (χ0v) is 9.82. The quantitative estimate of drug-likeness (QED) is 0.698. The molecule has 0 aromatic heterocycles. The van der Waals surface area contributed by atoms with E-state index < -0.39 is 5.97 Å². The molecule has 1 rings (SSSR count). The Bertz CT molecular complexity index is 303. The average Bonchev–Trinajstić information content (AvgIpc) is 2.08. The molecule has 1 saturated carbocycles. The Morgan fingerprint density at radius 3 is 2.44 bits per heavy atom. The van der Waals surface area contributed by atoms with E-state index in [1.165, 1.54) is 19.3 Å². The van der Waals surface area contributed by atoms with E-state index in [9.17, 15) is 9.59 Å². The Labute approximate surface area is 95.7 Å². The van der Waals surface area contributed by atoms with Gasteiger partial charge in [0, 0.05) is 18.7 Å². The van der Waals surface area contributed by atoms with Crippen LogP contribution < -0.4 is 5.32 Å². The Morgan fingerprint density at radius 1 is 1.38 bits per heavy atom. The number of amides is 1. The molecule has 0 saturated heterocycles. The van der Waals surface area contributed by atoms with Gasteiger partial charge in [-0.2, -0.15) is 0 Å². The summed E-state index contributed by atoms with van der Waals surface area (Å²) >= 11 is 0. The van der Waals surface area contributed by atoms with Crippen molar-refractivity contribution in [3.8, 4) is 0 Å². The minimum Gasteiger partial charge on any atom is -0.478 e. The lowest BCUT2D eigenvalue weighted by atomic mass is 9.67. The lowest BCUT2D eigenvalue weighted by Crippen LogP contribution is -2.40. The molecule has 4 nitrogen and oxygen atoms in total. The van der Waals surface area contributed by atoms with Crippen LogP contribution in [0.2, 0.25) is 0 Å². The van der Waals surface area contributed by atoms with E-state index in [0.717, 1.165) is 12.2 Å². The van der Waals surface area contributed by atoms with Crippen molar-refractivity contribution in [2.24, 2.45) is 11.3 Å². The first-order chi connectivity index (χ1) is 7.42. The molecule has 0 radical (unpaired) electrons. The van der Waals surface area contributed by atoms with Gasteiger partial charge in [-0.25, -0.2) is 4.79 Å². The molecule has 1 fully saturated rings. The highest BCUT2D eigenvalue weighted by atomic mass is 16.4. The molecule has 0 atom stereocenters. The topological polar surface area (TPSA) is 66.4 Å². The lowest BCUT2D eigenvalue weighted by molar-refractivity contribution is -0.131. The number of nitrogens with one attached hydrogen (secondary N) is 1. The van der Waals surface area contributed by atoms with Gasteiger partial charge < -0.3 is 10.4 Å². The van der Waals surface area contributed by atoms with Gasteiger partial charge in [0.1, 0.15) is 0 Å². The molecule has 2 N–H and O–H groups in total. The standard InChI is InChI=1S/C12H19NO3/c1-12(2,9-4-3-5-9)8-13-10(14)6-7-11(15)16/h6-7,9H,3-5,8H2,1-2H3,(H,13,14)(H,15,16)/b7-6+. The smallest absolute Gasteiger partial charge is 0.328 e. The molecule has 0 unspecified atom stereocenters. The van der Waals surface area contributed by atoms with Gasteiger partial charge in [-0.3, -0.25) is 4.79 Å². The number of carboxylic acids is 1. The van der Waals surface area contributed by atoms with E-state index in [2.05, 4.69) is 19.2 Å². The van der Waals surface area contributed by atoms with E-state index in [1.54, 1.807) is 0 Å². The van der Waals surface area contributed by atoms with Crippen molar-refractivity contribution in [3.05, 3.63) is 12.2 Å². The van der Waals surface area contributed by atoms with Crippen LogP contribution in [0.5, 0.6) is 0 Å². The Kier molecular flexibility index (Phi) is 4.10. The minimum atomic E-state index is -1.10. The fourth-order valence-electron chi connectivity index (χ4n) is 1.85. The number of carboxylic acid groups (broad SMARTS) is 1. The Hall–Kier alpha value is -1.32. The maximum Gasteiger partial charge on any atom is 0.328 e. The summed E-state index contributed by atoms with van der Waals surface area (Å²) in [5.74, 6) is -0.764. The zero-order valence-electron chi connectivity index (χ0n) is 9.82. The van der Waals surface area contributed by atoms with Gasteiger partial charge in [-0.1, -0.05) is 20.3 Å². The van der Waals surface area contributed by atoms with Gasteiger partial charge in [-0.05, 0) is 24.2 Å². The molecule has 0 spiro atoms. The first kappa shape index (κ1) is 12.7. The van der Waals surface area contributed by atoms with Gasteiger partial charge in [0.25, 0.3) is 0 Å². The number of hydrogen-bond donors (Lipinski definition) is 2. The predicted molar refractivity (Wildman–Crippen MR) is 60.9 cm³/mol. The summed E-state index contributed by atoms with van der Waals surface area (Å²) in [5, 5.41) is 11.1. The van der Waals surface area contributed by atoms with Crippen molar-refractivity contribution in [1.29, 1.82) is 0 Å². The molecule has 1 amide bonds. The van der Waals surface area contributed by atoms with E-state index >= 15 is 0 Å². The van der Waals surface area contributed by atoms with Gasteiger partial charge in [-0.15, -0.1) is 0 Å². The fraction of sp³-hybridized carbons (Fsp3) is 0.667. The average molecular weight is 225 g/mol. The largest absolute Gasteiger partial charge is 0.478 e. The SMILES string of the molecule is CC(C)(CNC(=O)/C=C/C(=O)O)C1CCC1. The molecular weight excluding hydrogens is 206 g/mol. The highest BCUT2D eigenvalue weighted by molar-refractivity contribution is 5.93. The van der Waals surface area contributed by atoms with Gasteiger partial charge in [0.2, 0.25) is 5.91 Å². The van der Waals surface area contributed by atoms with Crippen LogP contribution in [0.15, 0.2) is 12.2 Å². The summed E-state index contributed by atoms with van der Waals surface area (Å²) in [7, 11) is 0. The monoisotopic (exact) mass is 225 g/mol. The summed E-state index contributed by atoms with van der Waals surface area (Å²) in [4.78, 5) is 21.5. The van der Waals surface area contributed by atoms with Crippen molar-refractivity contribution < 1.29 is 14.7 Å². The highest BCUT2D eigenvalue weighted by Gasteiger charge is 2.33. The van der Waals surface area contributed by atoms with Gasteiger partial charge in [0.05, 0.1) is 0 Å². The van der Waals surface area contributed by atoms with Crippen LogP contribution >= 0.6 is 0 Å². The Balaban J connectivity index is 2.32. The van der Waals surface area contributed by atoms with Gasteiger partial charge in [0.15, 0.2) is 0 Å². The molecule has 1 aliphatic rings. The maximum atomic E-state index is 11.3. The molecule has 16 heavy (non-hydrogen) atoms. The second kappa shape index (κ2) is 5.14. The normalized spacial score (nSPS) is 17.1. The third-order valence-electron chi connectivity index (χ3n) is 3.31. The van der Waals surface area contributed by atoms with Crippen LogP contribution in [-0.4, -0.2) is 23.5 Å². The second-order valence-corrected chi connectivity index (χ2v) is 5.01. The molecular formula is C12H19NO3. The number of carbonyl (C=O) groups excluding carboxylic acids is 1. The van der Waals surface area contributed by atoms with Crippen molar-refractivity contribution in [3.63, 3.8) is 0 Å². The van der Waals surface area contributed by atoms with E-state index in [-0.39, 0.29) is 11.3 Å². The molecule has 0 aromatic carbocycles. The van der Waals surface area contributed by atoms with Crippen LogP contribution in [0, 0.1) is 11.3 Å². The van der Waals surface area contributed by atoms with Crippen LogP contribution in [0.25, 0.3) is 0 Å². The predicted octanol–water partition coefficient (Wildman–Crippen LogP) is 1.57.